The van der Waals surface area contributed by atoms with Crippen LogP contribution in [0.1, 0.15) is 11.7 Å². The normalized spacial score (nSPS) is 13.2. The maximum Gasteiger partial charge on any atom is 0.262 e. The van der Waals surface area contributed by atoms with Crippen molar-refractivity contribution in [2.45, 2.75) is 6.10 Å². The average Bonchev–Trinajstić information content (AvgIpc) is 2.26. The lowest BCUT2D eigenvalue weighted by Gasteiger charge is -2.15. The summed E-state index contributed by atoms with van der Waals surface area (Å²) in [6.07, 6.45) is -0.901. The molecule has 1 rings (SSSR count). The van der Waals surface area contributed by atoms with Crippen molar-refractivity contribution >= 4 is 10.4 Å². The van der Waals surface area contributed by atoms with Gasteiger partial charge in [-0.15, -0.1) is 0 Å². The van der Waals surface area contributed by atoms with Crippen molar-refractivity contribution < 1.29 is 27.0 Å². The summed E-state index contributed by atoms with van der Waals surface area (Å²) in [6.45, 7) is 0.00319. The first kappa shape index (κ1) is 13.7. The van der Waals surface area contributed by atoms with E-state index in [1.807, 2.05) is 0 Å². The number of ether oxygens (including phenoxy) is 1. The topological polar surface area (TPSA) is 122 Å². The molecule has 7 nitrogen and oxygen atoms in total. The van der Waals surface area contributed by atoms with E-state index in [-0.39, 0.29) is 18.0 Å². The van der Waals surface area contributed by atoms with Crippen LogP contribution in [0.25, 0.3) is 0 Å². The van der Waals surface area contributed by atoms with Crippen molar-refractivity contribution in [3.05, 3.63) is 23.8 Å². The fourth-order valence-corrected chi connectivity index (χ4v) is 1.56. The standard InChI is InChI=1S/C9H13NO6S/c1-15-9-4-6(7(11)5-10)2-3-8(9)16-17(12,13)14/h2-4,7,11H,5,10H2,1H3,(H,12,13,14)/p-1/t7-/m1/s1. The molecule has 1 aromatic rings. The van der Waals surface area contributed by atoms with Gasteiger partial charge < -0.3 is 24.3 Å². The predicted octanol–water partition coefficient (Wildman–Crippen LogP) is -0.474. The first-order valence-corrected chi connectivity index (χ1v) is 5.92. The Morgan fingerprint density at radius 1 is 1.47 bits per heavy atom. The predicted molar refractivity (Wildman–Crippen MR) is 57.3 cm³/mol. The van der Waals surface area contributed by atoms with Gasteiger partial charge >= 0.3 is 0 Å². The van der Waals surface area contributed by atoms with Gasteiger partial charge in [0.05, 0.1) is 13.2 Å². The molecule has 0 saturated carbocycles. The molecule has 17 heavy (non-hydrogen) atoms. The highest BCUT2D eigenvalue weighted by molar-refractivity contribution is 7.81. The van der Waals surface area contributed by atoms with Crippen LogP contribution in [0.3, 0.4) is 0 Å². The summed E-state index contributed by atoms with van der Waals surface area (Å²) in [7, 11) is -3.59. The smallest absolute Gasteiger partial charge is 0.262 e. The molecule has 0 aliphatic heterocycles. The zero-order chi connectivity index (χ0) is 13.1. The van der Waals surface area contributed by atoms with Crippen LogP contribution >= 0.6 is 0 Å². The maximum atomic E-state index is 10.4. The van der Waals surface area contributed by atoms with Crippen molar-refractivity contribution in [2.24, 2.45) is 5.73 Å². The van der Waals surface area contributed by atoms with Gasteiger partial charge in [0.25, 0.3) is 10.4 Å². The van der Waals surface area contributed by atoms with Crippen molar-refractivity contribution in [3.8, 4) is 11.5 Å². The molecule has 0 fully saturated rings. The Balaban J connectivity index is 3.10. The zero-order valence-corrected chi connectivity index (χ0v) is 9.81. The summed E-state index contributed by atoms with van der Waals surface area (Å²) in [5.74, 6) is -0.218. The fourth-order valence-electron chi connectivity index (χ4n) is 1.21. The zero-order valence-electron chi connectivity index (χ0n) is 8.99. The first-order chi connectivity index (χ1) is 7.87. The van der Waals surface area contributed by atoms with Gasteiger partial charge in [0, 0.05) is 6.54 Å². The molecular weight excluding hydrogens is 250 g/mol. The molecule has 0 radical (unpaired) electrons. The molecule has 1 aromatic carbocycles. The SMILES string of the molecule is COc1cc([C@H](O)CN)ccc1OS(=O)(=O)[O-]. The van der Waals surface area contributed by atoms with E-state index in [4.69, 9.17) is 10.5 Å². The molecule has 0 heterocycles. The molecular formula is C9H12NO6S-. The monoisotopic (exact) mass is 262 g/mol. The fraction of sp³-hybridized carbons (Fsp3) is 0.333. The summed E-state index contributed by atoms with van der Waals surface area (Å²) in [6, 6.07) is 3.95. The second kappa shape index (κ2) is 5.32. The van der Waals surface area contributed by atoms with Gasteiger partial charge in [0.2, 0.25) is 0 Å². The molecule has 3 N–H and O–H groups in total. The number of aliphatic hydroxyl groups is 1. The molecule has 1 atom stereocenters. The Kier molecular flexibility index (Phi) is 4.29. The summed E-state index contributed by atoms with van der Waals surface area (Å²) in [5.41, 5.74) is 5.70. The Morgan fingerprint density at radius 3 is 2.59 bits per heavy atom. The molecule has 0 amide bonds. The maximum absolute atomic E-state index is 10.4. The van der Waals surface area contributed by atoms with Gasteiger partial charge in [-0.05, 0) is 17.7 Å². The Morgan fingerprint density at radius 2 is 2.12 bits per heavy atom. The van der Waals surface area contributed by atoms with E-state index >= 15 is 0 Å². The lowest BCUT2D eigenvalue weighted by molar-refractivity contribution is 0.186. The lowest BCUT2D eigenvalue weighted by Crippen LogP contribution is -2.12. The summed E-state index contributed by atoms with van der Waals surface area (Å²) in [4.78, 5) is 0. The van der Waals surface area contributed by atoms with Crippen LogP contribution in [0, 0.1) is 0 Å². The molecule has 0 aromatic heterocycles. The Labute approximate surface area is 98.7 Å². The van der Waals surface area contributed by atoms with Crippen LogP contribution in [-0.2, 0) is 10.4 Å². The Bertz CT molecular complexity index is 486. The molecule has 0 aliphatic carbocycles. The van der Waals surface area contributed by atoms with Crippen LogP contribution in [0.2, 0.25) is 0 Å². The molecule has 8 heteroatoms. The second-order valence-corrected chi connectivity index (χ2v) is 4.14. The molecule has 0 aliphatic rings. The largest absolute Gasteiger partial charge is 0.716 e. The molecule has 0 unspecified atom stereocenters. The molecule has 0 bridgehead atoms. The molecule has 0 spiro atoms. The highest BCUT2D eigenvalue weighted by atomic mass is 32.3. The van der Waals surface area contributed by atoms with Gasteiger partial charge in [-0.2, -0.15) is 0 Å². The minimum atomic E-state index is -4.87. The quantitative estimate of drug-likeness (QED) is 0.543. The van der Waals surface area contributed by atoms with E-state index in [1.165, 1.54) is 25.3 Å². The first-order valence-electron chi connectivity index (χ1n) is 4.58. The van der Waals surface area contributed by atoms with Crippen molar-refractivity contribution in [1.82, 2.24) is 0 Å². The van der Waals surface area contributed by atoms with Gasteiger partial charge in [-0.1, -0.05) is 6.07 Å². The van der Waals surface area contributed by atoms with E-state index in [9.17, 15) is 18.1 Å². The average molecular weight is 262 g/mol. The number of aliphatic hydroxyl groups excluding tert-OH is 1. The highest BCUT2D eigenvalue weighted by Crippen LogP contribution is 2.30. The van der Waals surface area contributed by atoms with Crippen LogP contribution < -0.4 is 14.7 Å². The van der Waals surface area contributed by atoms with Crippen LogP contribution in [0.4, 0.5) is 0 Å². The number of methoxy groups -OCH3 is 1. The van der Waals surface area contributed by atoms with E-state index in [0.29, 0.717) is 5.56 Å². The number of hydrogen-bond acceptors (Lipinski definition) is 7. The summed E-state index contributed by atoms with van der Waals surface area (Å²) in [5, 5.41) is 9.47. The van der Waals surface area contributed by atoms with Gasteiger partial charge in [-0.3, -0.25) is 0 Å². The highest BCUT2D eigenvalue weighted by Gasteiger charge is 2.12. The van der Waals surface area contributed by atoms with Crippen LogP contribution in [-0.4, -0.2) is 31.7 Å². The van der Waals surface area contributed by atoms with Gasteiger partial charge in [0.15, 0.2) is 11.5 Å². The lowest BCUT2D eigenvalue weighted by atomic mass is 10.1. The third kappa shape index (κ3) is 3.86. The minimum Gasteiger partial charge on any atom is -0.716 e. The number of nitrogens with two attached hydrogens (primary N) is 1. The summed E-state index contributed by atoms with van der Waals surface area (Å²) < 4.78 is 40.3. The van der Waals surface area contributed by atoms with Crippen molar-refractivity contribution in [2.75, 3.05) is 13.7 Å². The third-order valence-corrected chi connectivity index (χ3v) is 2.37. The van der Waals surface area contributed by atoms with Crippen molar-refractivity contribution in [1.29, 1.82) is 0 Å². The molecule has 96 valence electrons. The number of rotatable bonds is 5. The second-order valence-electron chi connectivity index (χ2n) is 3.15. The van der Waals surface area contributed by atoms with E-state index in [2.05, 4.69) is 4.18 Å². The van der Waals surface area contributed by atoms with Gasteiger partial charge in [0.1, 0.15) is 0 Å². The summed E-state index contributed by atoms with van der Waals surface area (Å²) >= 11 is 0. The molecule has 0 saturated heterocycles. The minimum absolute atomic E-state index is 0.00319. The van der Waals surface area contributed by atoms with Crippen molar-refractivity contribution in [3.63, 3.8) is 0 Å². The van der Waals surface area contributed by atoms with Gasteiger partial charge in [-0.25, -0.2) is 8.42 Å². The number of hydrogen-bond donors (Lipinski definition) is 2. The van der Waals surface area contributed by atoms with E-state index in [0.717, 1.165) is 0 Å². The number of benzene rings is 1. The Hall–Kier alpha value is -1.35. The van der Waals surface area contributed by atoms with Crippen LogP contribution in [0.5, 0.6) is 11.5 Å². The van der Waals surface area contributed by atoms with E-state index in [1.54, 1.807) is 0 Å². The van der Waals surface area contributed by atoms with Crippen LogP contribution in [0.15, 0.2) is 18.2 Å². The third-order valence-electron chi connectivity index (χ3n) is 1.99. The van der Waals surface area contributed by atoms with E-state index < -0.39 is 16.5 Å².